The molecule has 7 heteroatoms. The molecular formula is C15H17O6P. The molecule has 0 aromatic heterocycles. The van der Waals surface area contributed by atoms with E-state index in [1.165, 1.54) is 12.1 Å². The fraction of sp³-hybridized carbons (Fsp3) is 0.200. The van der Waals surface area contributed by atoms with Gasteiger partial charge in [-0.05, 0) is 35.9 Å². The van der Waals surface area contributed by atoms with E-state index < -0.39 is 19.6 Å². The van der Waals surface area contributed by atoms with Gasteiger partial charge in [-0.2, -0.15) is 0 Å². The fourth-order valence-corrected chi connectivity index (χ4v) is 3.11. The summed E-state index contributed by atoms with van der Waals surface area (Å²) in [5.41, 5.74) is 0.566. The summed E-state index contributed by atoms with van der Waals surface area (Å²) in [6.07, 6.45) is -1.25. The Hall–Kier alpha value is -1.85. The van der Waals surface area contributed by atoms with E-state index in [4.69, 9.17) is 0 Å². The second-order valence-electron chi connectivity index (χ2n) is 5.12. The molecule has 0 fully saturated rings. The lowest BCUT2D eigenvalue weighted by Gasteiger charge is -2.22. The molecular weight excluding hydrogens is 307 g/mol. The van der Waals surface area contributed by atoms with Crippen LogP contribution in [0.4, 0.5) is 0 Å². The number of aliphatic hydroxyl groups is 1. The first-order chi connectivity index (χ1) is 10.2. The minimum Gasteiger partial charge on any atom is -0.508 e. The summed E-state index contributed by atoms with van der Waals surface area (Å²) in [5, 5.41) is 29.2. The Kier molecular flexibility index (Phi) is 4.58. The van der Waals surface area contributed by atoms with Crippen LogP contribution < -0.4 is 5.30 Å². The van der Waals surface area contributed by atoms with E-state index in [-0.39, 0.29) is 22.4 Å². The average Bonchev–Trinajstić information content (AvgIpc) is 2.44. The maximum Gasteiger partial charge on any atom is 0.356 e. The van der Waals surface area contributed by atoms with Crippen molar-refractivity contribution < 1.29 is 29.7 Å². The van der Waals surface area contributed by atoms with Crippen molar-refractivity contribution in [2.75, 3.05) is 0 Å². The lowest BCUT2D eigenvalue weighted by molar-refractivity contribution is 0.152. The van der Waals surface area contributed by atoms with E-state index in [0.29, 0.717) is 5.56 Å². The highest BCUT2D eigenvalue weighted by atomic mass is 31.2. The molecule has 0 amide bonds. The number of hydrogen-bond donors (Lipinski definition) is 5. The van der Waals surface area contributed by atoms with Gasteiger partial charge in [-0.25, -0.2) is 0 Å². The van der Waals surface area contributed by atoms with E-state index in [9.17, 15) is 29.7 Å². The summed E-state index contributed by atoms with van der Waals surface area (Å²) in [5.74, 6) is -0.712. The molecule has 2 atom stereocenters. The molecule has 0 heterocycles. The minimum atomic E-state index is -4.59. The fourth-order valence-electron chi connectivity index (χ4n) is 2.30. The molecule has 0 aliphatic carbocycles. The molecule has 0 aliphatic heterocycles. The molecule has 0 saturated carbocycles. The Morgan fingerprint density at radius 1 is 1.00 bits per heavy atom. The second kappa shape index (κ2) is 6.10. The number of aromatic hydroxyl groups is 2. The summed E-state index contributed by atoms with van der Waals surface area (Å²) < 4.78 is 11.5. The molecule has 0 saturated heterocycles. The van der Waals surface area contributed by atoms with Gasteiger partial charge in [0.15, 0.2) is 0 Å². The van der Waals surface area contributed by atoms with Gasteiger partial charge in [0.2, 0.25) is 0 Å². The number of hydrogen-bond acceptors (Lipinski definition) is 4. The number of phenols is 2. The summed E-state index contributed by atoms with van der Waals surface area (Å²) in [6.45, 7) is 1.66. The monoisotopic (exact) mass is 324 g/mol. The van der Waals surface area contributed by atoms with Gasteiger partial charge in [0.25, 0.3) is 0 Å². The zero-order chi connectivity index (χ0) is 16.5. The van der Waals surface area contributed by atoms with Gasteiger partial charge in [-0.15, -0.1) is 0 Å². The lowest BCUT2D eigenvalue weighted by Crippen LogP contribution is -2.18. The summed E-state index contributed by atoms with van der Waals surface area (Å²) in [6, 6.07) is 9.64. The molecule has 2 aromatic carbocycles. The van der Waals surface area contributed by atoms with Gasteiger partial charge >= 0.3 is 7.60 Å². The van der Waals surface area contributed by atoms with Gasteiger partial charge in [0.1, 0.15) is 11.5 Å². The highest BCUT2D eigenvalue weighted by Gasteiger charge is 2.28. The summed E-state index contributed by atoms with van der Waals surface area (Å²) in [4.78, 5) is 18.8. The first kappa shape index (κ1) is 16.5. The van der Waals surface area contributed by atoms with E-state index in [1.807, 2.05) is 0 Å². The third-order valence-electron chi connectivity index (χ3n) is 3.51. The quantitative estimate of drug-likeness (QED) is 0.547. The minimum absolute atomic E-state index is 0.0303. The smallest absolute Gasteiger partial charge is 0.356 e. The standard InChI is InChI=1S/C15H17O6P/c1-9(10-3-2-4-11(16)7-10)15(18)13-8-12(17)5-6-14(13)22(19,20)21/h2-9,15-18H,1H3,(H2,19,20,21). The van der Waals surface area contributed by atoms with Crippen molar-refractivity contribution in [1.82, 2.24) is 0 Å². The number of phenolic OH excluding ortho intramolecular Hbond substituents is 2. The number of benzene rings is 2. The van der Waals surface area contributed by atoms with Crippen molar-refractivity contribution in [1.29, 1.82) is 0 Å². The zero-order valence-electron chi connectivity index (χ0n) is 11.8. The Balaban J connectivity index is 2.47. The van der Waals surface area contributed by atoms with Crippen molar-refractivity contribution in [3.8, 4) is 11.5 Å². The topological polar surface area (TPSA) is 118 Å². The molecule has 2 unspecified atom stereocenters. The largest absolute Gasteiger partial charge is 0.508 e. The first-order valence-corrected chi connectivity index (χ1v) is 8.17. The third kappa shape index (κ3) is 3.48. The maximum atomic E-state index is 11.5. The Labute approximate surface area is 127 Å². The van der Waals surface area contributed by atoms with Crippen LogP contribution in [0.5, 0.6) is 11.5 Å². The predicted molar refractivity (Wildman–Crippen MR) is 81.3 cm³/mol. The van der Waals surface area contributed by atoms with Gasteiger partial charge < -0.3 is 25.1 Å². The molecule has 2 rings (SSSR count). The van der Waals surface area contributed by atoms with Crippen LogP contribution >= 0.6 is 7.60 Å². The maximum absolute atomic E-state index is 11.5. The Bertz CT molecular complexity index is 724. The van der Waals surface area contributed by atoms with E-state index >= 15 is 0 Å². The van der Waals surface area contributed by atoms with Crippen molar-refractivity contribution >= 4 is 12.9 Å². The first-order valence-electron chi connectivity index (χ1n) is 6.56. The molecule has 5 N–H and O–H groups in total. The van der Waals surface area contributed by atoms with Crippen molar-refractivity contribution in [2.45, 2.75) is 18.9 Å². The van der Waals surface area contributed by atoms with Gasteiger partial charge in [0, 0.05) is 11.5 Å². The van der Waals surface area contributed by atoms with Crippen LogP contribution in [0, 0.1) is 0 Å². The van der Waals surface area contributed by atoms with E-state index in [2.05, 4.69) is 0 Å². The van der Waals surface area contributed by atoms with Crippen LogP contribution in [0.15, 0.2) is 42.5 Å². The molecule has 118 valence electrons. The lowest BCUT2D eigenvalue weighted by atomic mass is 9.90. The molecule has 22 heavy (non-hydrogen) atoms. The Morgan fingerprint density at radius 3 is 2.23 bits per heavy atom. The van der Waals surface area contributed by atoms with Crippen LogP contribution in [-0.4, -0.2) is 25.1 Å². The highest BCUT2D eigenvalue weighted by molar-refractivity contribution is 7.60. The molecule has 6 nitrogen and oxygen atoms in total. The van der Waals surface area contributed by atoms with Crippen molar-refractivity contribution in [3.05, 3.63) is 53.6 Å². The third-order valence-corrected chi connectivity index (χ3v) is 4.55. The van der Waals surface area contributed by atoms with E-state index in [1.54, 1.807) is 19.1 Å². The normalized spacial score (nSPS) is 14.5. The molecule has 2 aromatic rings. The number of aliphatic hydroxyl groups excluding tert-OH is 1. The van der Waals surface area contributed by atoms with Crippen LogP contribution in [0.3, 0.4) is 0 Å². The van der Waals surface area contributed by atoms with Gasteiger partial charge in [-0.3, -0.25) is 4.57 Å². The molecule has 0 aliphatic rings. The molecule has 0 bridgehead atoms. The summed E-state index contributed by atoms with van der Waals surface area (Å²) in [7, 11) is -4.59. The predicted octanol–water partition coefficient (Wildman–Crippen LogP) is 1.74. The number of rotatable bonds is 4. The van der Waals surface area contributed by atoms with Gasteiger partial charge in [-0.1, -0.05) is 19.1 Å². The van der Waals surface area contributed by atoms with Crippen LogP contribution in [0.1, 0.15) is 30.1 Å². The molecule has 0 spiro atoms. The van der Waals surface area contributed by atoms with Crippen LogP contribution in [0.2, 0.25) is 0 Å². The van der Waals surface area contributed by atoms with Crippen molar-refractivity contribution in [3.63, 3.8) is 0 Å². The van der Waals surface area contributed by atoms with Gasteiger partial charge in [0.05, 0.1) is 11.4 Å². The van der Waals surface area contributed by atoms with Crippen molar-refractivity contribution in [2.24, 2.45) is 0 Å². The second-order valence-corrected chi connectivity index (χ2v) is 6.69. The van der Waals surface area contributed by atoms with Crippen LogP contribution in [0.25, 0.3) is 0 Å². The van der Waals surface area contributed by atoms with E-state index in [0.717, 1.165) is 18.2 Å². The highest BCUT2D eigenvalue weighted by Crippen LogP contribution is 2.40. The zero-order valence-corrected chi connectivity index (χ0v) is 12.7. The molecule has 0 radical (unpaired) electrons. The van der Waals surface area contributed by atoms with Crippen LogP contribution in [-0.2, 0) is 4.57 Å². The SMILES string of the molecule is CC(c1cccc(O)c1)C(O)c1cc(O)ccc1P(=O)(O)O. The average molecular weight is 324 g/mol. The Morgan fingerprint density at radius 2 is 1.64 bits per heavy atom. The summed E-state index contributed by atoms with van der Waals surface area (Å²) >= 11 is 0.